The van der Waals surface area contributed by atoms with Gasteiger partial charge in [0.15, 0.2) is 11.6 Å². The molecule has 0 saturated heterocycles. The summed E-state index contributed by atoms with van der Waals surface area (Å²) >= 11 is 3.16. The summed E-state index contributed by atoms with van der Waals surface area (Å²) in [6.45, 7) is 0. The summed E-state index contributed by atoms with van der Waals surface area (Å²) in [5.41, 5.74) is 5.97. The third-order valence-corrected chi connectivity index (χ3v) is 2.56. The number of fused-ring (bicyclic) bond motifs is 1. The fraction of sp³-hybridized carbons (Fsp3) is 0. The van der Waals surface area contributed by atoms with Gasteiger partial charge in [0.05, 0.1) is 10.2 Å². The monoisotopic (exact) mass is 258 g/mol. The summed E-state index contributed by atoms with van der Waals surface area (Å²) in [6, 6.07) is 2.43. The third kappa shape index (κ3) is 1.24. The van der Waals surface area contributed by atoms with Gasteiger partial charge in [0.2, 0.25) is 0 Å². The quantitative estimate of drug-likeness (QED) is 0.790. The second-order valence-electron chi connectivity index (χ2n) is 2.78. The average molecular weight is 259 g/mol. The summed E-state index contributed by atoms with van der Waals surface area (Å²) < 4.78 is 26.6. The van der Waals surface area contributed by atoms with Gasteiger partial charge in [-0.1, -0.05) is 0 Å². The number of halogens is 3. The molecule has 1 heterocycles. The van der Waals surface area contributed by atoms with E-state index in [0.717, 1.165) is 6.07 Å². The maximum atomic E-state index is 13.2. The lowest BCUT2D eigenvalue weighted by Gasteiger charge is -2.04. The summed E-state index contributed by atoms with van der Waals surface area (Å²) in [7, 11) is 0. The van der Waals surface area contributed by atoms with Gasteiger partial charge in [0.25, 0.3) is 0 Å². The first-order valence-electron chi connectivity index (χ1n) is 3.79. The van der Waals surface area contributed by atoms with Crippen molar-refractivity contribution in [3.63, 3.8) is 0 Å². The molecule has 1 aromatic heterocycles. The zero-order valence-corrected chi connectivity index (χ0v) is 8.48. The van der Waals surface area contributed by atoms with Crippen molar-refractivity contribution in [2.24, 2.45) is 0 Å². The molecule has 72 valence electrons. The van der Waals surface area contributed by atoms with E-state index >= 15 is 0 Å². The van der Waals surface area contributed by atoms with Crippen LogP contribution in [0.25, 0.3) is 10.9 Å². The number of nitrogen functional groups attached to an aromatic ring is 1. The van der Waals surface area contributed by atoms with E-state index in [9.17, 15) is 8.78 Å². The molecule has 0 radical (unpaired) electrons. The van der Waals surface area contributed by atoms with E-state index in [-0.39, 0.29) is 5.52 Å². The van der Waals surface area contributed by atoms with Gasteiger partial charge in [-0.2, -0.15) is 0 Å². The summed E-state index contributed by atoms with van der Waals surface area (Å²) in [6.07, 6.45) is 1.35. The third-order valence-electron chi connectivity index (χ3n) is 1.92. The van der Waals surface area contributed by atoms with Crippen LogP contribution in [0.3, 0.4) is 0 Å². The predicted molar refractivity (Wildman–Crippen MR) is 53.8 cm³/mol. The van der Waals surface area contributed by atoms with Crippen molar-refractivity contribution in [1.82, 2.24) is 4.98 Å². The molecule has 0 amide bonds. The van der Waals surface area contributed by atoms with E-state index in [0.29, 0.717) is 15.5 Å². The lowest BCUT2D eigenvalue weighted by Crippen LogP contribution is -1.95. The number of aromatic nitrogens is 1. The zero-order chi connectivity index (χ0) is 10.3. The number of pyridine rings is 1. The van der Waals surface area contributed by atoms with Crippen LogP contribution < -0.4 is 5.73 Å². The van der Waals surface area contributed by atoms with Crippen molar-refractivity contribution in [2.45, 2.75) is 0 Å². The molecule has 0 aliphatic heterocycles. The van der Waals surface area contributed by atoms with Crippen molar-refractivity contribution in [3.8, 4) is 0 Å². The van der Waals surface area contributed by atoms with Crippen LogP contribution in [0, 0.1) is 11.6 Å². The van der Waals surface area contributed by atoms with Gasteiger partial charge in [-0.05, 0) is 28.1 Å². The number of hydrogen-bond acceptors (Lipinski definition) is 2. The van der Waals surface area contributed by atoms with Crippen LogP contribution in [0.2, 0.25) is 0 Å². The SMILES string of the molecule is Nc1c(Br)cnc2c(F)c(F)ccc12. The maximum Gasteiger partial charge on any atom is 0.185 e. The maximum absolute atomic E-state index is 13.2. The molecule has 2 nitrogen and oxygen atoms in total. The molecule has 5 heteroatoms. The van der Waals surface area contributed by atoms with E-state index in [1.165, 1.54) is 12.3 Å². The lowest BCUT2D eigenvalue weighted by molar-refractivity contribution is 0.515. The molecule has 2 rings (SSSR count). The summed E-state index contributed by atoms with van der Waals surface area (Å²) in [5.74, 6) is -1.89. The minimum Gasteiger partial charge on any atom is -0.397 e. The Morgan fingerprint density at radius 1 is 1.29 bits per heavy atom. The molecule has 0 saturated carbocycles. The van der Waals surface area contributed by atoms with Gasteiger partial charge in [0.1, 0.15) is 5.52 Å². The Labute approximate surface area is 86.9 Å². The largest absolute Gasteiger partial charge is 0.397 e. The first-order valence-corrected chi connectivity index (χ1v) is 4.58. The minimum absolute atomic E-state index is 0.0503. The normalized spacial score (nSPS) is 10.8. The van der Waals surface area contributed by atoms with Crippen molar-refractivity contribution in [3.05, 3.63) is 34.4 Å². The molecule has 0 bridgehead atoms. The molecular weight excluding hydrogens is 254 g/mol. The van der Waals surface area contributed by atoms with Gasteiger partial charge in [-0.25, -0.2) is 8.78 Å². The standard InChI is InChI=1S/C9H5BrF2N2/c10-5-3-14-9-4(8(5)13)1-2-6(11)7(9)12/h1-3H,(H2,13,14). The zero-order valence-electron chi connectivity index (χ0n) is 6.89. The van der Waals surface area contributed by atoms with Gasteiger partial charge in [-0.3, -0.25) is 4.98 Å². The minimum atomic E-state index is -0.971. The van der Waals surface area contributed by atoms with Crippen molar-refractivity contribution < 1.29 is 8.78 Å². The Kier molecular flexibility index (Phi) is 2.11. The lowest BCUT2D eigenvalue weighted by atomic mass is 10.2. The topological polar surface area (TPSA) is 38.9 Å². The van der Waals surface area contributed by atoms with Crippen LogP contribution in [0.5, 0.6) is 0 Å². The smallest absolute Gasteiger partial charge is 0.185 e. The molecule has 1 aromatic carbocycles. The molecule has 14 heavy (non-hydrogen) atoms. The van der Waals surface area contributed by atoms with Crippen LogP contribution in [0.15, 0.2) is 22.8 Å². The number of anilines is 1. The Balaban J connectivity index is 2.94. The van der Waals surface area contributed by atoms with Crippen LogP contribution in [0.1, 0.15) is 0 Å². The highest BCUT2D eigenvalue weighted by atomic mass is 79.9. The van der Waals surface area contributed by atoms with Crippen molar-refractivity contribution in [2.75, 3.05) is 5.73 Å². The van der Waals surface area contributed by atoms with E-state index < -0.39 is 11.6 Å². The Morgan fingerprint density at radius 3 is 2.71 bits per heavy atom. The van der Waals surface area contributed by atoms with Gasteiger partial charge >= 0.3 is 0 Å². The molecule has 2 aromatic rings. The molecule has 0 aliphatic rings. The number of benzene rings is 1. The second-order valence-corrected chi connectivity index (χ2v) is 3.63. The Morgan fingerprint density at radius 2 is 2.00 bits per heavy atom. The van der Waals surface area contributed by atoms with Crippen molar-refractivity contribution in [1.29, 1.82) is 0 Å². The highest BCUT2D eigenvalue weighted by molar-refractivity contribution is 9.10. The number of nitrogens with zero attached hydrogens (tertiary/aromatic N) is 1. The molecule has 0 aliphatic carbocycles. The van der Waals surface area contributed by atoms with Crippen LogP contribution in [0.4, 0.5) is 14.5 Å². The highest BCUT2D eigenvalue weighted by Crippen LogP contribution is 2.28. The number of nitrogens with two attached hydrogens (primary N) is 1. The fourth-order valence-electron chi connectivity index (χ4n) is 1.20. The van der Waals surface area contributed by atoms with Gasteiger partial charge < -0.3 is 5.73 Å². The fourth-order valence-corrected chi connectivity index (χ4v) is 1.52. The molecule has 0 spiro atoms. The van der Waals surface area contributed by atoms with E-state index in [4.69, 9.17) is 5.73 Å². The molecule has 0 atom stereocenters. The van der Waals surface area contributed by atoms with E-state index in [1.807, 2.05) is 0 Å². The Bertz CT molecular complexity index is 466. The summed E-state index contributed by atoms with van der Waals surface area (Å²) in [5, 5.41) is 0.401. The first kappa shape index (κ1) is 9.33. The highest BCUT2D eigenvalue weighted by Gasteiger charge is 2.11. The summed E-state index contributed by atoms with van der Waals surface area (Å²) in [4.78, 5) is 3.76. The van der Waals surface area contributed by atoms with Crippen LogP contribution >= 0.6 is 15.9 Å². The van der Waals surface area contributed by atoms with Gasteiger partial charge in [-0.15, -0.1) is 0 Å². The average Bonchev–Trinajstić information content (AvgIpc) is 2.17. The first-order chi connectivity index (χ1) is 6.61. The van der Waals surface area contributed by atoms with E-state index in [1.54, 1.807) is 0 Å². The van der Waals surface area contributed by atoms with E-state index in [2.05, 4.69) is 20.9 Å². The van der Waals surface area contributed by atoms with Crippen molar-refractivity contribution >= 4 is 32.5 Å². The number of rotatable bonds is 0. The predicted octanol–water partition coefficient (Wildman–Crippen LogP) is 2.86. The second kappa shape index (κ2) is 3.16. The van der Waals surface area contributed by atoms with Crippen LogP contribution in [-0.2, 0) is 0 Å². The Hall–Kier alpha value is -1.23. The molecule has 0 fully saturated rings. The molecular formula is C9H5BrF2N2. The number of hydrogen-bond donors (Lipinski definition) is 1. The molecule has 0 unspecified atom stereocenters. The molecule has 2 N–H and O–H groups in total. The van der Waals surface area contributed by atoms with Crippen LogP contribution in [-0.4, -0.2) is 4.98 Å². The van der Waals surface area contributed by atoms with Gasteiger partial charge in [0, 0.05) is 11.6 Å².